The number of rotatable bonds is 7. The SMILES string of the molecule is COc1ccc(-n2ccnc2SCC(=O)NCc2ccc(F)c(C)c2)cc1. The van der Waals surface area contributed by atoms with E-state index >= 15 is 0 Å². The lowest BCUT2D eigenvalue weighted by Crippen LogP contribution is -2.24. The molecule has 1 amide bonds. The fourth-order valence-corrected chi connectivity index (χ4v) is 3.34. The average Bonchev–Trinajstić information content (AvgIpc) is 3.16. The van der Waals surface area contributed by atoms with E-state index in [-0.39, 0.29) is 17.5 Å². The number of hydrogen-bond acceptors (Lipinski definition) is 4. The van der Waals surface area contributed by atoms with Crippen molar-refractivity contribution >= 4 is 17.7 Å². The van der Waals surface area contributed by atoms with Gasteiger partial charge in [-0.15, -0.1) is 0 Å². The minimum Gasteiger partial charge on any atom is -0.497 e. The third-order valence-electron chi connectivity index (χ3n) is 4.00. The smallest absolute Gasteiger partial charge is 0.230 e. The lowest BCUT2D eigenvalue weighted by atomic mass is 10.1. The summed E-state index contributed by atoms with van der Waals surface area (Å²) in [5, 5.41) is 3.58. The Morgan fingerprint density at radius 1 is 1.26 bits per heavy atom. The number of aryl methyl sites for hydroxylation is 1. The van der Waals surface area contributed by atoms with Gasteiger partial charge in [0.25, 0.3) is 0 Å². The van der Waals surface area contributed by atoms with Crippen molar-refractivity contribution in [3.05, 3.63) is 71.8 Å². The Morgan fingerprint density at radius 2 is 2.04 bits per heavy atom. The fraction of sp³-hybridized carbons (Fsp3) is 0.200. The second-order valence-corrected chi connectivity index (χ2v) is 6.87. The maximum Gasteiger partial charge on any atom is 0.230 e. The molecule has 27 heavy (non-hydrogen) atoms. The van der Waals surface area contributed by atoms with Crippen LogP contribution < -0.4 is 10.1 Å². The van der Waals surface area contributed by atoms with Gasteiger partial charge in [0.05, 0.1) is 12.9 Å². The number of benzene rings is 2. The molecule has 0 saturated heterocycles. The first-order valence-electron chi connectivity index (χ1n) is 8.39. The van der Waals surface area contributed by atoms with Crippen LogP contribution >= 0.6 is 11.8 Å². The summed E-state index contributed by atoms with van der Waals surface area (Å²) >= 11 is 1.36. The molecule has 3 rings (SSSR count). The molecule has 0 bridgehead atoms. The van der Waals surface area contributed by atoms with Crippen LogP contribution in [0.25, 0.3) is 5.69 Å². The zero-order valence-electron chi connectivity index (χ0n) is 15.1. The minimum atomic E-state index is -0.244. The number of carbonyl (C=O) groups excluding carboxylic acids is 1. The highest BCUT2D eigenvalue weighted by molar-refractivity contribution is 7.99. The van der Waals surface area contributed by atoms with Crippen LogP contribution in [0, 0.1) is 12.7 Å². The highest BCUT2D eigenvalue weighted by atomic mass is 32.2. The molecule has 1 aromatic heterocycles. The summed E-state index contributed by atoms with van der Waals surface area (Å²) in [4.78, 5) is 16.5. The van der Waals surface area contributed by atoms with Gasteiger partial charge in [-0.05, 0) is 48.4 Å². The molecule has 0 unspecified atom stereocenters. The molecular weight excluding hydrogens is 365 g/mol. The van der Waals surface area contributed by atoms with E-state index in [0.29, 0.717) is 12.1 Å². The summed E-state index contributed by atoms with van der Waals surface area (Å²) in [6, 6.07) is 12.4. The van der Waals surface area contributed by atoms with Crippen LogP contribution in [0.4, 0.5) is 4.39 Å². The van der Waals surface area contributed by atoms with Crippen molar-refractivity contribution in [2.75, 3.05) is 12.9 Å². The van der Waals surface area contributed by atoms with Gasteiger partial charge in [0.1, 0.15) is 11.6 Å². The van der Waals surface area contributed by atoms with Crippen LogP contribution in [0.2, 0.25) is 0 Å². The minimum absolute atomic E-state index is 0.105. The number of halogens is 1. The van der Waals surface area contributed by atoms with Crippen LogP contribution in [0.3, 0.4) is 0 Å². The average molecular weight is 385 g/mol. The lowest BCUT2D eigenvalue weighted by Gasteiger charge is -2.09. The number of imidazole rings is 1. The first-order chi connectivity index (χ1) is 13.1. The molecular formula is C20H20FN3O2S. The second-order valence-electron chi connectivity index (χ2n) is 5.93. The van der Waals surface area contributed by atoms with Crippen LogP contribution in [0.15, 0.2) is 60.0 Å². The first kappa shape index (κ1) is 19.0. The van der Waals surface area contributed by atoms with Gasteiger partial charge in [-0.1, -0.05) is 23.9 Å². The van der Waals surface area contributed by atoms with Gasteiger partial charge < -0.3 is 10.1 Å². The van der Waals surface area contributed by atoms with Crippen molar-refractivity contribution in [1.29, 1.82) is 0 Å². The molecule has 0 aliphatic rings. The maximum atomic E-state index is 13.3. The number of nitrogens with one attached hydrogen (secondary N) is 1. The van der Waals surface area contributed by atoms with Gasteiger partial charge in [-0.3, -0.25) is 9.36 Å². The monoisotopic (exact) mass is 385 g/mol. The van der Waals surface area contributed by atoms with Crippen molar-refractivity contribution in [1.82, 2.24) is 14.9 Å². The predicted octanol–water partition coefficient (Wildman–Crippen LogP) is 3.74. The molecule has 0 atom stereocenters. The number of methoxy groups -OCH3 is 1. The molecule has 0 spiro atoms. The summed E-state index contributed by atoms with van der Waals surface area (Å²) in [6.07, 6.45) is 3.55. The third kappa shape index (κ3) is 4.89. The summed E-state index contributed by atoms with van der Waals surface area (Å²) in [5.74, 6) is 0.675. The fourth-order valence-electron chi connectivity index (χ4n) is 2.53. The largest absolute Gasteiger partial charge is 0.497 e. The van der Waals surface area contributed by atoms with Gasteiger partial charge in [0, 0.05) is 24.6 Å². The van der Waals surface area contributed by atoms with Gasteiger partial charge in [-0.25, -0.2) is 9.37 Å². The number of amides is 1. The van der Waals surface area contributed by atoms with E-state index in [4.69, 9.17) is 4.74 Å². The predicted molar refractivity (Wildman–Crippen MR) is 104 cm³/mol. The molecule has 1 heterocycles. The zero-order chi connectivity index (χ0) is 19.2. The summed E-state index contributed by atoms with van der Waals surface area (Å²) in [6.45, 7) is 2.07. The number of carbonyl (C=O) groups is 1. The van der Waals surface area contributed by atoms with Crippen LogP contribution in [-0.4, -0.2) is 28.3 Å². The number of ether oxygens (including phenoxy) is 1. The number of thioether (sulfide) groups is 1. The normalized spacial score (nSPS) is 10.6. The number of aromatic nitrogens is 2. The third-order valence-corrected chi connectivity index (χ3v) is 4.97. The quantitative estimate of drug-likeness (QED) is 0.630. The van der Waals surface area contributed by atoms with Gasteiger partial charge >= 0.3 is 0 Å². The molecule has 0 fully saturated rings. The van der Waals surface area contributed by atoms with E-state index in [9.17, 15) is 9.18 Å². The van der Waals surface area contributed by atoms with E-state index in [1.54, 1.807) is 32.4 Å². The van der Waals surface area contributed by atoms with Crippen LogP contribution in [0.5, 0.6) is 5.75 Å². The zero-order valence-corrected chi connectivity index (χ0v) is 15.9. The molecule has 0 radical (unpaired) electrons. The highest BCUT2D eigenvalue weighted by Crippen LogP contribution is 2.22. The van der Waals surface area contributed by atoms with E-state index in [0.717, 1.165) is 22.2 Å². The van der Waals surface area contributed by atoms with Crippen LogP contribution in [0.1, 0.15) is 11.1 Å². The van der Waals surface area contributed by atoms with E-state index in [2.05, 4.69) is 10.3 Å². The summed E-state index contributed by atoms with van der Waals surface area (Å²) < 4.78 is 20.4. The Labute approximate surface area is 161 Å². The molecule has 0 saturated carbocycles. The second kappa shape index (κ2) is 8.73. The molecule has 0 aliphatic carbocycles. The Hall–Kier alpha value is -2.80. The number of hydrogen-bond donors (Lipinski definition) is 1. The topological polar surface area (TPSA) is 56.2 Å². The summed E-state index contributed by atoms with van der Waals surface area (Å²) in [7, 11) is 1.62. The lowest BCUT2D eigenvalue weighted by molar-refractivity contribution is -0.118. The number of nitrogens with zero attached hydrogens (tertiary/aromatic N) is 2. The van der Waals surface area contributed by atoms with Crippen molar-refractivity contribution in [2.45, 2.75) is 18.6 Å². The summed E-state index contributed by atoms with van der Waals surface area (Å²) in [5.41, 5.74) is 2.38. The van der Waals surface area contributed by atoms with Crippen molar-refractivity contribution < 1.29 is 13.9 Å². The molecule has 3 aromatic rings. The van der Waals surface area contributed by atoms with E-state index < -0.39 is 0 Å². The van der Waals surface area contributed by atoms with Crippen LogP contribution in [-0.2, 0) is 11.3 Å². The van der Waals surface area contributed by atoms with E-state index in [1.165, 1.54) is 17.8 Å². The Balaban J connectivity index is 1.56. The first-order valence-corrected chi connectivity index (χ1v) is 9.37. The molecule has 5 nitrogen and oxygen atoms in total. The molecule has 140 valence electrons. The molecule has 1 N–H and O–H groups in total. The highest BCUT2D eigenvalue weighted by Gasteiger charge is 2.09. The van der Waals surface area contributed by atoms with E-state index in [1.807, 2.05) is 35.0 Å². The van der Waals surface area contributed by atoms with Gasteiger partial charge in [0.2, 0.25) is 5.91 Å². The molecule has 7 heteroatoms. The van der Waals surface area contributed by atoms with Crippen molar-refractivity contribution in [3.63, 3.8) is 0 Å². The Bertz CT molecular complexity index is 925. The Morgan fingerprint density at radius 3 is 2.74 bits per heavy atom. The standard InChI is InChI=1S/C20H20FN3O2S/c1-14-11-15(3-8-18(14)21)12-23-19(25)13-27-20-22-9-10-24(20)16-4-6-17(26-2)7-5-16/h3-11H,12-13H2,1-2H3,(H,23,25). The van der Waals surface area contributed by atoms with Crippen molar-refractivity contribution in [3.8, 4) is 11.4 Å². The molecule has 2 aromatic carbocycles. The molecule has 0 aliphatic heterocycles. The van der Waals surface area contributed by atoms with Crippen molar-refractivity contribution in [2.24, 2.45) is 0 Å². The van der Waals surface area contributed by atoms with Gasteiger partial charge in [0.15, 0.2) is 5.16 Å². The maximum absolute atomic E-state index is 13.3. The Kier molecular flexibility index (Phi) is 6.13. The van der Waals surface area contributed by atoms with Gasteiger partial charge in [-0.2, -0.15) is 0 Å².